The van der Waals surface area contributed by atoms with Crippen LogP contribution >= 0.6 is 11.6 Å². The molecular weight excluding hydrogens is 458 g/mol. The van der Waals surface area contributed by atoms with Gasteiger partial charge >= 0.3 is 0 Å². The van der Waals surface area contributed by atoms with Crippen molar-refractivity contribution in [3.05, 3.63) is 141 Å². The van der Waals surface area contributed by atoms with Crippen LogP contribution in [0.15, 0.2) is 108 Å². The van der Waals surface area contributed by atoms with E-state index < -0.39 is 0 Å². The SMILES string of the molecule is O=C(Nc1ccc2nc(Cc3ccccc3)n(Cc3ccccc3Cl)c(=O)c2c1)c1ccccc1. The van der Waals surface area contributed by atoms with Crippen LogP contribution in [0.1, 0.15) is 27.3 Å². The zero-order chi connectivity index (χ0) is 24.2. The Kier molecular flexibility index (Phi) is 6.42. The van der Waals surface area contributed by atoms with E-state index in [1.807, 2.05) is 60.7 Å². The topological polar surface area (TPSA) is 64.0 Å². The molecule has 1 amide bonds. The first kappa shape index (κ1) is 22.6. The Bertz CT molecular complexity index is 1560. The third-order valence-electron chi connectivity index (χ3n) is 5.82. The van der Waals surface area contributed by atoms with Crippen molar-refractivity contribution < 1.29 is 4.79 Å². The molecule has 35 heavy (non-hydrogen) atoms. The van der Waals surface area contributed by atoms with E-state index in [9.17, 15) is 9.59 Å². The lowest BCUT2D eigenvalue weighted by Gasteiger charge is -2.15. The molecule has 5 aromatic rings. The first-order valence-electron chi connectivity index (χ1n) is 11.3. The molecule has 0 aliphatic heterocycles. The summed E-state index contributed by atoms with van der Waals surface area (Å²) < 4.78 is 1.67. The van der Waals surface area contributed by atoms with Crippen molar-refractivity contribution in [2.45, 2.75) is 13.0 Å². The summed E-state index contributed by atoms with van der Waals surface area (Å²) in [4.78, 5) is 31.2. The van der Waals surface area contributed by atoms with Crippen molar-refractivity contribution in [1.29, 1.82) is 0 Å². The van der Waals surface area contributed by atoms with Crippen LogP contribution < -0.4 is 10.9 Å². The second-order valence-electron chi connectivity index (χ2n) is 8.23. The Labute approximate surface area is 207 Å². The van der Waals surface area contributed by atoms with E-state index in [1.54, 1.807) is 47.0 Å². The maximum Gasteiger partial charge on any atom is 0.261 e. The third kappa shape index (κ3) is 5.00. The highest BCUT2D eigenvalue weighted by atomic mass is 35.5. The Morgan fingerprint density at radius 2 is 1.54 bits per heavy atom. The van der Waals surface area contributed by atoms with Crippen molar-refractivity contribution in [2.24, 2.45) is 0 Å². The normalized spacial score (nSPS) is 10.9. The van der Waals surface area contributed by atoms with Crippen LogP contribution in [0.4, 0.5) is 5.69 Å². The monoisotopic (exact) mass is 479 g/mol. The molecule has 0 radical (unpaired) electrons. The Balaban J connectivity index is 1.58. The quantitative estimate of drug-likeness (QED) is 0.327. The molecule has 5 rings (SSSR count). The molecule has 1 N–H and O–H groups in total. The lowest BCUT2D eigenvalue weighted by atomic mass is 10.1. The summed E-state index contributed by atoms with van der Waals surface area (Å²) in [6, 6.07) is 31.6. The number of carbonyl (C=O) groups excluding carboxylic acids is 1. The molecular formula is C29H22ClN3O2. The minimum Gasteiger partial charge on any atom is -0.322 e. The molecule has 0 unspecified atom stereocenters. The van der Waals surface area contributed by atoms with E-state index in [1.165, 1.54) is 0 Å². The summed E-state index contributed by atoms with van der Waals surface area (Å²) in [7, 11) is 0. The fourth-order valence-corrected chi connectivity index (χ4v) is 4.21. The van der Waals surface area contributed by atoms with Gasteiger partial charge in [-0.15, -0.1) is 0 Å². The summed E-state index contributed by atoms with van der Waals surface area (Å²) in [5, 5.41) is 3.90. The fraction of sp³-hybridized carbons (Fsp3) is 0.0690. The van der Waals surface area contributed by atoms with Crippen LogP contribution in [0.5, 0.6) is 0 Å². The van der Waals surface area contributed by atoms with Gasteiger partial charge < -0.3 is 5.32 Å². The van der Waals surface area contributed by atoms with Crippen molar-refractivity contribution in [3.8, 4) is 0 Å². The minimum absolute atomic E-state index is 0.184. The standard InChI is InChI=1S/C29H22ClN3O2/c30-25-14-8-7-13-22(25)19-33-27(17-20-9-3-1-4-10-20)32-26-16-15-23(18-24(26)29(33)35)31-28(34)21-11-5-2-6-12-21/h1-16,18H,17,19H2,(H,31,34). The van der Waals surface area contributed by atoms with Crippen LogP contribution in [-0.2, 0) is 13.0 Å². The first-order chi connectivity index (χ1) is 17.1. The fourth-order valence-electron chi connectivity index (χ4n) is 4.01. The van der Waals surface area contributed by atoms with Crippen molar-refractivity contribution in [1.82, 2.24) is 9.55 Å². The van der Waals surface area contributed by atoms with Gasteiger partial charge in [-0.3, -0.25) is 14.2 Å². The van der Waals surface area contributed by atoms with Gasteiger partial charge in [-0.05, 0) is 47.5 Å². The zero-order valence-electron chi connectivity index (χ0n) is 18.8. The lowest BCUT2D eigenvalue weighted by molar-refractivity contribution is 0.102. The van der Waals surface area contributed by atoms with Crippen LogP contribution in [-0.4, -0.2) is 15.5 Å². The van der Waals surface area contributed by atoms with E-state index in [0.717, 1.165) is 11.1 Å². The van der Waals surface area contributed by atoms with E-state index in [-0.39, 0.29) is 11.5 Å². The number of halogens is 1. The van der Waals surface area contributed by atoms with Gasteiger partial charge in [-0.1, -0.05) is 78.3 Å². The van der Waals surface area contributed by atoms with Crippen LogP contribution in [0.3, 0.4) is 0 Å². The average molecular weight is 480 g/mol. The number of anilines is 1. The number of fused-ring (bicyclic) bond motifs is 1. The number of rotatable bonds is 6. The van der Waals surface area contributed by atoms with Crippen molar-refractivity contribution in [2.75, 3.05) is 5.32 Å². The predicted octanol–water partition coefficient (Wildman–Crippen LogP) is 5.94. The molecule has 172 valence electrons. The molecule has 0 fully saturated rings. The van der Waals surface area contributed by atoms with Gasteiger partial charge in [0.05, 0.1) is 17.4 Å². The summed E-state index contributed by atoms with van der Waals surface area (Å²) in [6.45, 7) is 0.296. The highest BCUT2D eigenvalue weighted by Crippen LogP contribution is 2.20. The van der Waals surface area contributed by atoms with Gasteiger partial charge in [-0.25, -0.2) is 4.98 Å². The van der Waals surface area contributed by atoms with Crippen molar-refractivity contribution >= 4 is 34.1 Å². The first-order valence-corrected chi connectivity index (χ1v) is 11.6. The number of nitrogens with zero attached hydrogens (tertiary/aromatic N) is 2. The molecule has 1 heterocycles. The Morgan fingerprint density at radius 3 is 2.29 bits per heavy atom. The number of benzene rings is 4. The molecule has 0 spiro atoms. The predicted molar refractivity (Wildman–Crippen MR) is 140 cm³/mol. The van der Waals surface area contributed by atoms with Gasteiger partial charge in [0.2, 0.25) is 0 Å². The largest absolute Gasteiger partial charge is 0.322 e. The van der Waals surface area contributed by atoms with E-state index in [4.69, 9.17) is 16.6 Å². The third-order valence-corrected chi connectivity index (χ3v) is 6.19. The molecule has 0 bridgehead atoms. The lowest BCUT2D eigenvalue weighted by Crippen LogP contribution is -2.26. The van der Waals surface area contributed by atoms with E-state index in [0.29, 0.717) is 46.0 Å². The smallest absolute Gasteiger partial charge is 0.261 e. The van der Waals surface area contributed by atoms with Gasteiger partial charge in [0.25, 0.3) is 11.5 Å². The van der Waals surface area contributed by atoms with Gasteiger partial charge in [0.1, 0.15) is 5.82 Å². The molecule has 5 nitrogen and oxygen atoms in total. The number of hydrogen-bond donors (Lipinski definition) is 1. The second kappa shape index (κ2) is 9.95. The minimum atomic E-state index is -0.241. The summed E-state index contributed by atoms with van der Waals surface area (Å²) in [5.74, 6) is 0.407. The van der Waals surface area contributed by atoms with Crippen LogP contribution in [0, 0.1) is 0 Å². The van der Waals surface area contributed by atoms with Gasteiger partial charge in [0.15, 0.2) is 0 Å². The number of aromatic nitrogens is 2. The Hall–Kier alpha value is -4.22. The molecule has 0 saturated heterocycles. The molecule has 6 heteroatoms. The molecule has 0 aliphatic carbocycles. The number of amides is 1. The van der Waals surface area contributed by atoms with Gasteiger partial charge in [0, 0.05) is 22.7 Å². The summed E-state index contributed by atoms with van der Waals surface area (Å²) >= 11 is 6.41. The zero-order valence-corrected chi connectivity index (χ0v) is 19.6. The summed E-state index contributed by atoms with van der Waals surface area (Å²) in [5.41, 5.74) is 3.36. The molecule has 1 aromatic heterocycles. The maximum atomic E-state index is 13.7. The average Bonchev–Trinajstić information content (AvgIpc) is 2.89. The van der Waals surface area contributed by atoms with Crippen LogP contribution in [0.25, 0.3) is 10.9 Å². The number of nitrogens with one attached hydrogen (secondary N) is 1. The molecule has 0 saturated carbocycles. The summed E-state index contributed by atoms with van der Waals surface area (Å²) in [6.07, 6.45) is 0.503. The Morgan fingerprint density at radius 1 is 0.857 bits per heavy atom. The molecule has 0 atom stereocenters. The van der Waals surface area contributed by atoms with E-state index in [2.05, 4.69) is 5.32 Å². The van der Waals surface area contributed by atoms with E-state index >= 15 is 0 Å². The van der Waals surface area contributed by atoms with Gasteiger partial charge in [-0.2, -0.15) is 0 Å². The molecule has 0 aliphatic rings. The van der Waals surface area contributed by atoms with Crippen molar-refractivity contribution in [3.63, 3.8) is 0 Å². The molecule has 4 aromatic carbocycles. The highest BCUT2D eigenvalue weighted by molar-refractivity contribution is 6.31. The maximum absolute atomic E-state index is 13.7. The highest BCUT2D eigenvalue weighted by Gasteiger charge is 2.15. The number of carbonyl (C=O) groups is 1. The van der Waals surface area contributed by atoms with Crippen LogP contribution in [0.2, 0.25) is 5.02 Å². The number of hydrogen-bond acceptors (Lipinski definition) is 3. The second-order valence-corrected chi connectivity index (χ2v) is 8.63.